The Morgan fingerprint density at radius 2 is 1.72 bits per heavy atom. The Hall–Kier alpha value is -2.73. The first-order valence-corrected chi connectivity index (χ1v) is 13.5. The van der Waals surface area contributed by atoms with Gasteiger partial charge in [0.05, 0.1) is 13.2 Å². The molecule has 3 rings (SSSR count). The van der Waals surface area contributed by atoms with E-state index in [-0.39, 0.29) is 29.8 Å². The van der Waals surface area contributed by atoms with Crippen LogP contribution in [0.4, 0.5) is 0 Å². The first-order valence-electron chi connectivity index (χ1n) is 13.0. The van der Waals surface area contributed by atoms with Gasteiger partial charge in [0.2, 0.25) is 11.8 Å². The number of nitrogens with zero attached hydrogens (tertiary/aromatic N) is 1. The zero-order valence-corrected chi connectivity index (χ0v) is 22.4. The van der Waals surface area contributed by atoms with E-state index in [4.69, 9.17) is 21.1 Å². The Labute approximate surface area is 220 Å². The largest absolute Gasteiger partial charge is 0.493 e. The fourth-order valence-corrected chi connectivity index (χ4v) is 4.90. The van der Waals surface area contributed by atoms with Gasteiger partial charge in [-0.05, 0) is 56.4 Å². The van der Waals surface area contributed by atoms with E-state index in [1.807, 2.05) is 50.2 Å². The van der Waals surface area contributed by atoms with Gasteiger partial charge in [0.25, 0.3) is 0 Å². The first kappa shape index (κ1) is 27.9. The van der Waals surface area contributed by atoms with Gasteiger partial charge in [0.1, 0.15) is 11.9 Å². The van der Waals surface area contributed by atoms with Crippen molar-refractivity contribution in [2.24, 2.45) is 0 Å². The van der Waals surface area contributed by atoms with Gasteiger partial charge in [-0.2, -0.15) is 0 Å². The summed E-state index contributed by atoms with van der Waals surface area (Å²) < 4.78 is 11.5. The number of halogens is 1. The molecule has 1 atom stereocenters. The zero-order valence-electron chi connectivity index (χ0n) is 21.7. The van der Waals surface area contributed by atoms with Crippen molar-refractivity contribution in [1.29, 1.82) is 0 Å². The number of ether oxygens (including phenoxy) is 2. The van der Waals surface area contributed by atoms with E-state index in [0.717, 1.165) is 31.2 Å². The lowest BCUT2D eigenvalue weighted by Crippen LogP contribution is -2.47. The quantitative estimate of drug-likeness (QED) is 0.310. The zero-order chi connectivity index (χ0) is 25.9. The summed E-state index contributed by atoms with van der Waals surface area (Å²) in [7, 11) is 1.57. The van der Waals surface area contributed by atoms with Gasteiger partial charge < -0.3 is 19.7 Å². The second-order valence-corrected chi connectivity index (χ2v) is 9.90. The minimum atomic E-state index is -0.829. The van der Waals surface area contributed by atoms with Crippen LogP contribution in [0.25, 0.3) is 0 Å². The van der Waals surface area contributed by atoms with Crippen molar-refractivity contribution in [2.45, 2.75) is 77.0 Å². The molecule has 1 aliphatic rings. The lowest BCUT2D eigenvalue weighted by atomic mass is 10.0. The van der Waals surface area contributed by atoms with Crippen LogP contribution in [0.3, 0.4) is 0 Å². The summed E-state index contributed by atoms with van der Waals surface area (Å²) in [6, 6.07) is 14.7. The lowest BCUT2D eigenvalue weighted by Gasteiger charge is -2.32. The third kappa shape index (κ3) is 7.89. The van der Waals surface area contributed by atoms with Crippen molar-refractivity contribution in [2.75, 3.05) is 19.5 Å². The molecule has 36 heavy (non-hydrogen) atoms. The van der Waals surface area contributed by atoms with Gasteiger partial charge in [0.15, 0.2) is 11.5 Å². The monoisotopic (exact) mass is 514 g/mol. The topological polar surface area (TPSA) is 67.9 Å². The van der Waals surface area contributed by atoms with Crippen LogP contribution in [0.2, 0.25) is 0 Å². The molecule has 2 aromatic rings. The van der Waals surface area contributed by atoms with Crippen LogP contribution in [-0.2, 0) is 16.0 Å². The minimum Gasteiger partial charge on any atom is -0.493 e. The Bertz CT molecular complexity index is 974. The molecule has 1 saturated carbocycles. The van der Waals surface area contributed by atoms with E-state index >= 15 is 0 Å². The fourth-order valence-electron chi connectivity index (χ4n) is 4.75. The maximum atomic E-state index is 13.8. The number of carbonyl (C=O) groups excluding carboxylic acids is 2. The second-order valence-electron chi connectivity index (χ2n) is 9.63. The van der Waals surface area contributed by atoms with Gasteiger partial charge in [-0.15, -0.1) is 11.6 Å². The highest BCUT2D eigenvalue weighted by molar-refractivity contribution is 6.27. The Morgan fingerprint density at radius 3 is 2.33 bits per heavy atom. The summed E-state index contributed by atoms with van der Waals surface area (Å²) in [4.78, 5) is 28.6. The molecule has 1 unspecified atom stereocenters. The summed E-state index contributed by atoms with van der Waals surface area (Å²) >= 11 is 6.05. The van der Waals surface area contributed by atoms with Gasteiger partial charge >= 0.3 is 0 Å². The summed E-state index contributed by atoms with van der Waals surface area (Å²) in [6.45, 7) is 4.26. The molecule has 2 aromatic carbocycles. The highest BCUT2D eigenvalue weighted by Gasteiger charge is 2.33. The highest BCUT2D eigenvalue weighted by Crippen LogP contribution is 2.34. The first-order chi connectivity index (χ1) is 17.4. The van der Waals surface area contributed by atoms with Crippen molar-refractivity contribution in [3.63, 3.8) is 0 Å². The summed E-state index contributed by atoms with van der Waals surface area (Å²) in [5.74, 6) is 0.449. The Kier molecular flexibility index (Phi) is 10.9. The third-order valence-electron chi connectivity index (χ3n) is 6.55. The molecule has 0 saturated heterocycles. The number of benzene rings is 2. The predicted octanol–water partition coefficient (Wildman–Crippen LogP) is 5.67. The molecule has 0 aliphatic heterocycles. The van der Waals surface area contributed by atoms with E-state index in [2.05, 4.69) is 5.32 Å². The molecule has 0 bridgehead atoms. The average Bonchev–Trinajstić information content (AvgIpc) is 3.15. The number of hydrogen-bond acceptors (Lipinski definition) is 4. The van der Waals surface area contributed by atoms with Gasteiger partial charge in [-0.3, -0.25) is 9.59 Å². The van der Waals surface area contributed by atoms with Crippen LogP contribution in [-0.4, -0.2) is 48.4 Å². The van der Waals surface area contributed by atoms with Crippen LogP contribution in [0.15, 0.2) is 48.5 Å². The maximum Gasteiger partial charge on any atom is 0.247 e. The lowest BCUT2D eigenvalue weighted by molar-refractivity contribution is -0.139. The number of alkyl halides is 1. The molecule has 0 spiro atoms. The van der Waals surface area contributed by atoms with E-state index in [1.54, 1.807) is 24.1 Å². The predicted molar refractivity (Wildman–Crippen MR) is 144 cm³/mol. The molecule has 196 valence electrons. The number of amides is 2. The molecule has 0 radical (unpaired) electrons. The van der Waals surface area contributed by atoms with Crippen LogP contribution in [0.1, 0.15) is 69.5 Å². The van der Waals surface area contributed by atoms with Gasteiger partial charge in [0, 0.05) is 12.6 Å². The van der Waals surface area contributed by atoms with Crippen LogP contribution in [0, 0.1) is 0 Å². The highest BCUT2D eigenvalue weighted by atomic mass is 35.5. The van der Waals surface area contributed by atoms with E-state index in [1.165, 1.54) is 12.8 Å². The molecule has 0 aromatic heterocycles. The van der Waals surface area contributed by atoms with E-state index in [9.17, 15) is 9.59 Å². The van der Waals surface area contributed by atoms with Crippen molar-refractivity contribution < 1.29 is 19.1 Å². The van der Waals surface area contributed by atoms with Gasteiger partial charge in [-0.25, -0.2) is 0 Å². The molecular weight excluding hydrogens is 476 g/mol. The molecule has 6 nitrogen and oxygen atoms in total. The number of rotatable bonds is 11. The normalized spacial score (nSPS) is 15.1. The smallest absolute Gasteiger partial charge is 0.247 e. The Balaban J connectivity index is 1.96. The maximum absolute atomic E-state index is 13.8. The number of nitrogens with one attached hydrogen (secondary N) is 1. The summed E-state index contributed by atoms with van der Waals surface area (Å²) in [5, 5.41) is 3.25. The summed E-state index contributed by atoms with van der Waals surface area (Å²) in [5.41, 5.74) is 1.76. The molecule has 7 heteroatoms. The summed E-state index contributed by atoms with van der Waals surface area (Å²) in [6.07, 6.45) is 7.08. The Morgan fingerprint density at radius 1 is 1.03 bits per heavy atom. The molecular formula is C29H39ClN2O4. The van der Waals surface area contributed by atoms with E-state index < -0.39 is 6.04 Å². The van der Waals surface area contributed by atoms with Crippen molar-refractivity contribution >= 4 is 23.4 Å². The average molecular weight is 515 g/mol. The number of methoxy groups -OCH3 is 1. The van der Waals surface area contributed by atoms with Crippen LogP contribution < -0.4 is 14.8 Å². The molecule has 2 amide bonds. The van der Waals surface area contributed by atoms with Crippen molar-refractivity contribution in [1.82, 2.24) is 10.2 Å². The number of hydrogen-bond donors (Lipinski definition) is 1. The minimum absolute atomic E-state index is 0.0284. The molecule has 1 fully saturated rings. The molecule has 0 heterocycles. The van der Waals surface area contributed by atoms with Crippen molar-refractivity contribution in [3.05, 3.63) is 59.7 Å². The van der Waals surface area contributed by atoms with Crippen LogP contribution in [0.5, 0.6) is 11.5 Å². The number of carbonyl (C=O) groups is 2. The second kappa shape index (κ2) is 14.1. The van der Waals surface area contributed by atoms with Crippen molar-refractivity contribution in [3.8, 4) is 11.5 Å². The van der Waals surface area contributed by atoms with Gasteiger partial charge in [-0.1, -0.05) is 62.1 Å². The van der Waals surface area contributed by atoms with Crippen LogP contribution >= 0.6 is 11.6 Å². The van der Waals surface area contributed by atoms with E-state index in [0.29, 0.717) is 30.0 Å². The standard InChI is InChI=1S/C29H39ClN2O4/c1-21(2)36-25-16-15-23(19-26(25)35-3)28(29(34)31-24-13-9-4-5-10-14-24)32(27(33)20-30)18-17-22-11-7-6-8-12-22/h6-8,11-12,15-16,19,21,24,28H,4-5,9-10,13-14,17-18,20H2,1-3H3,(H,31,34). The SMILES string of the molecule is COc1cc(C(C(=O)NC2CCCCCC2)N(CCc2ccccc2)C(=O)CCl)ccc1OC(C)C. The fraction of sp³-hybridized carbons (Fsp3) is 0.517. The molecule has 1 N–H and O–H groups in total. The molecule has 1 aliphatic carbocycles. The third-order valence-corrected chi connectivity index (χ3v) is 6.78.